The average molecular weight is 353 g/mol. The van der Waals surface area contributed by atoms with Gasteiger partial charge in [-0.3, -0.25) is 4.90 Å². The first kappa shape index (κ1) is 17.0. The minimum Gasteiger partial charge on any atom is -0.303 e. The Morgan fingerprint density at radius 3 is 2.38 bits per heavy atom. The normalized spacial score (nSPS) is 21.6. The third-order valence-corrected chi connectivity index (χ3v) is 6.39. The Labute approximate surface area is 138 Å². The number of nitrogens with zero attached hydrogens (tertiary/aromatic N) is 2. The van der Waals surface area contributed by atoms with Crippen LogP contribution < -0.4 is 0 Å². The van der Waals surface area contributed by atoms with Gasteiger partial charge in [-0.2, -0.15) is 0 Å². The highest BCUT2D eigenvalue weighted by Crippen LogP contribution is 2.34. The molecule has 1 aromatic carbocycles. The lowest BCUT2D eigenvalue weighted by Gasteiger charge is -2.45. The zero-order valence-electron chi connectivity index (χ0n) is 13.7. The smallest absolute Gasteiger partial charge is 0.0475 e. The van der Waals surface area contributed by atoms with E-state index in [1.807, 2.05) is 0 Å². The number of hydrogen-bond acceptors (Lipinski definition) is 2. The third kappa shape index (κ3) is 4.08. The second-order valence-electron chi connectivity index (χ2n) is 6.50. The van der Waals surface area contributed by atoms with Crippen molar-refractivity contribution in [1.82, 2.24) is 9.80 Å². The van der Waals surface area contributed by atoms with Crippen molar-refractivity contribution >= 4 is 15.9 Å². The SMILES string of the molecule is CCC(CC)(CBr)CN1CCN(C)CC1c1ccccc1. The fourth-order valence-electron chi connectivity index (χ4n) is 3.27. The zero-order chi connectivity index (χ0) is 15.3. The van der Waals surface area contributed by atoms with Crippen LogP contribution in [0.2, 0.25) is 0 Å². The maximum absolute atomic E-state index is 3.77. The minimum absolute atomic E-state index is 0.406. The van der Waals surface area contributed by atoms with Crippen molar-refractivity contribution in [3.63, 3.8) is 0 Å². The molecule has 21 heavy (non-hydrogen) atoms. The lowest BCUT2D eigenvalue weighted by atomic mass is 9.83. The summed E-state index contributed by atoms with van der Waals surface area (Å²) in [6.45, 7) is 9.34. The first-order valence-corrected chi connectivity index (χ1v) is 9.30. The summed E-state index contributed by atoms with van der Waals surface area (Å²) >= 11 is 3.77. The number of likely N-dealkylation sites (N-methyl/N-ethyl adjacent to an activating group) is 1. The van der Waals surface area contributed by atoms with Gasteiger partial charge in [-0.05, 0) is 30.9 Å². The van der Waals surface area contributed by atoms with Crippen LogP contribution in [-0.4, -0.2) is 48.4 Å². The number of alkyl halides is 1. The monoisotopic (exact) mass is 352 g/mol. The minimum atomic E-state index is 0.406. The van der Waals surface area contributed by atoms with Gasteiger partial charge in [-0.25, -0.2) is 0 Å². The van der Waals surface area contributed by atoms with E-state index in [1.165, 1.54) is 38.0 Å². The first-order valence-electron chi connectivity index (χ1n) is 8.17. The van der Waals surface area contributed by atoms with E-state index in [1.54, 1.807) is 0 Å². The van der Waals surface area contributed by atoms with E-state index in [0.717, 1.165) is 11.9 Å². The molecule has 1 fully saturated rings. The predicted octanol–water partition coefficient (Wildman–Crippen LogP) is 4.18. The summed E-state index contributed by atoms with van der Waals surface area (Å²) in [5, 5.41) is 1.10. The quantitative estimate of drug-likeness (QED) is 0.708. The molecule has 1 aliphatic heterocycles. The van der Waals surface area contributed by atoms with Crippen LogP contribution in [0.25, 0.3) is 0 Å². The molecule has 0 saturated carbocycles. The van der Waals surface area contributed by atoms with Crippen LogP contribution in [0.3, 0.4) is 0 Å². The van der Waals surface area contributed by atoms with Crippen LogP contribution in [0.4, 0.5) is 0 Å². The number of hydrogen-bond donors (Lipinski definition) is 0. The molecule has 2 rings (SSSR count). The van der Waals surface area contributed by atoms with Crippen LogP contribution in [0, 0.1) is 5.41 Å². The number of piperazine rings is 1. The Hall–Kier alpha value is -0.380. The maximum atomic E-state index is 3.77. The topological polar surface area (TPSA) is 6.48 Å². The molecule has 1 heterocycles. The summed E-state index contributed by atoms with van der Waals surface area (Å²) < 4.78 is 0. The van der Waals surface area contributed by atoms with Gasteiger partial charge in [0.05, 0.1) is 0 Å². The zero-order valence-corrected chi connectivity index (χ0v) is 15.3. The Morgan fingerprint density at radius 2 is 1.81 bits per heavy atom. The fraction of sp³-hybridized carbons (Fsp3) is 0.667. The molecule has 0 amide bonds. The van der Waals surface area contributed by atoms with E-state index in [-0.39, 0.29) is 0 Å². The highest BCUT2D eigenvalue weighted by atomic mass is 79.9. The fourth-order valence-corrected chi connectivity index (χ4v) is 4.24. The number of benzene rings is 1. The van der Waals surface area contributed by atoms with E-state index in [9.17, 15) is 0 Å². The van der Waals surface area contributed by atoms with E-state index in [0.29, 0.717) is 11.5 Å². The Kier molecular flexibility index (Phi) is 6.27. The molecule has 0 bridgehead atoms. The summed E-state index contributed by atoms with van der Waals surface area (Å²) in [6.07, 6.45) is 2.48. The van der Waals surface area contributed by atoms with Crippen molar-refractivity contribution in [2.24, 2.45) is 5.41 Å². The Morgan fingerprint density at radius 1 is 1.14 bits per heavy atom. The van der Waals surface area contributed by atoms with Gasteiger partial charge in [0.25, 0.3) is 0 Å². The summed E-state index contributed by atoms with van der Waals surface area (Å²) in [5.41, 5.74) is 1.86. The maximum Gasteiger partial charge on any atom is 0.0475 e. The van der Waals surface area contributed by atoms with Crippen molar-refractivity contribution in [3.05, 3.63) is 35.9 Å². The molecule has 0 radical (unpaired) electrons. The van der Waals surface area contributed by atoms with Gasteiger partial charge < -0.3 is 4.90 Å². The molecule has 1 aromatic rings. The van der Waals surface area contributed by atoms with Crippen LogP contribution in [-0.2, 0) is 0 Å². The highest BCUT2D eigenvalue weighted by molar-refractivity contribution is 9.09. The number of rotatable bonds is 6. The molecule has 0 spiro atoms. The van der Waals surface area contributed by atoms with Gasteiger partial charge in [0.1, 0.15) is 0 Å². The van der Waals surface area contributed by atoms with Crippen LogP contribution >= 0.6 is 15.9 Å². The first-order chi connectivity index (χ1) is 10.1. The van der Waals surface area contributed by atoms with Gasteiger partial charge in [-0.15, -0.1) is 0 Å². The van der Waals surface area contributed by atoms with Crippen LogP contribution in [0.5, 0.6) is 0 Å². The van der Waals surface area contributed by atoms with Crippen molar-refractivity contribution in [2.45, 2.75) is 32.7 Å². The molecular weight excluding hydrogens is 324 g/mol. The molecular formula is C18H29BrN2. The Balaban J connectivity index is 2.19. The third-order valence-electron chi connectivity index (χ3n) is 5.20. The van der Waals surface area contributed by atoms with Crippen molar-refractivity contribution in [1.29, 1.82) is 0 Å². The molecule has 3 heteroatoms. The largest absolute Gasteiger partial charge is 0.303 e. The van der Waals surface area contributed by atoms with Gasteiger partial charge in [0.15, 0.2) is 0 Å². The molecule has 118 valence electrons. The molecule has 0 N–H and O–H groups in total. The molecule has 1 aliphatic rings. The number of halogens is 1. The van der Waals surface area contributed by atoms with Gasteiger partial charge in [0, 0.05) is 37.6 Å². The van der Waals surface area contributed by atoms with E-state index < -0.39 is 0 Å². The molecule has 2 nitrogen and oxygen atoms in total. The van der Waals surface area contributed by atoms with Crippen molar-refractivity contribution in [2.75, 3.05) is 38.6 Å². The summed E-state index contributed by atoms with van der Waals surface area (Å²) in [6, 6.07) is 11.5. The second kappa shape index (κ2) is 7.75. The molecule has 0 aliphatic carbocycles. The van der Waals surface area contributed by atoms with Crippen LogP contribution in [0.1, 0.15) is 38.3 Å². The van der Waals surface area contributed by atoms with Crippen LogP contribution in [0.15, 0.2) is 30.3 Å². The lowest BCUT2D eigenvalue weighted by molar-refractivity contribution is 0.0500. The van der Waals surface area contributed by atoms with E-state index in [2.05, 4.69) is 77.0 Å². The van der Waals surface area contributed by atoms with E-state index in [4.69, 9.17) is 0 Å². The van der Waals surface area contributed by atoms with Crippen molar-refractivity contribution in [3.8, 4) is 0 Å². The van der Waals surface area contributed by atoms with Gasteiger partial charge in [-0.1, -0.05) is 60.1 Å². The lowest BCUT2D eigenvalue weighted by Crippen LogP contribution is -2.50. The highest BCUT2D eigenvalue weighted by Gasteiger charge is 2.33. The Bertz CT molecular complexity index is 408. The predicted molar refractivity (Wildman–Crippen MR) is 95.1 cm³/mol. The second-order valence-corrected chi connectivity index (χ2v) is 7.06. The average Bonchev–Trinajstić information content (AvgIpc) is 2.55. The molecule has 1 saturated heterocycles. The standard InChI is InChI=1S/C18H29BrN2/c1-4-18(5-2,14-19)15-21-12-11-20(3)13-17(21)16-9-7-6-8-10-16/h6-10,17H,4-5,11-15H2,1-3H3. The van der Waals surface area contributed by atoms with E-state index >= 15 is 0 Å². The summed E-state index contributed by atoms with van der Waals surface area (Å²) in [5.74, 6) is 0. The van der Waals surface area contributed by atoms with Gasteiger partial charge >= 0.3 is 0 Å². The molecule has 0 aromatic heterocycles. The molecule has 1 atom stereocenters. The summed E-state index contributed by atoms with van der Waals surface area (Å²) in [4.78, 5) is 5.17. The molecule has 1 unspecified atom stereocenters. The van der Waals surface area contributed by atoms with Gasteiger partial charge in [0.2, 0.25) is 0 Å². The van der Waals surface area contributed by atoms with Crippen molar-refractivity contribution < 1.29 is 0 Å². The summed E-state index contributed by atoms with van der Waals surface area (Å²) in [7, 11) is 2.24.